The van der Waals surface area contributed by atoms with Gasteiger partial charge in [0.2, 0.25) is 11.7 Å². The zero-order chi connectivity index (χ0) is 21.8. The Morgan fingerprint density at radius 1 is 1.17 bits per heavy atom. The maximum Gasteiger partial charge on any atom is 0.311 e. The van der Waals surface area contributed by atoms with Crippen LogP contribution in [0.15, 0.2) is 42.5 Å². The number of Topliss-reactive ketones (excluding diaryl/α,β-unsaturated/α-hetero) is 1. The van der Waals surface area contributed by atoms with Gasteiger partial charge in [-0.15, -0.1) is 0 Å². The van der Waals surface area contributed by atoms with Crippen LogP contribution in [0.4, 0.5) is 0 Å². The SMILES string of the molecule is Cc1cccc(C(=O)NN2C[C@@H](C(=O)OCC(=O)c3ccc(Cl)cc3Cl)CC2=O)c1. The largest absolute Gasteiger partial charge is 0.457 e. The normalized spacial score (nSPS) is 15.8. The van der Waals surface area contributed by atoms with Crippen LogP contribution in [0.3, 0.4) is 0 Å². The molecule has 2 aromatic rings. The number of hydrazine groups is 1. The van der Waals surface area contributed by atoms with Crippen LogP contribution in [0.5, 0.6) is 0 Å². The van der Waals surface area contributed by atoms with Crippen molar-refractivity contribution >= 4 is 46.8 Å². The Morgan fingerprint density at radius 2 is 1.93 bits per heavy atom. The zero-order valence-electron chi connectivity index (χ0n) is 16.0. The Kier molecular flexibility index (Phi) is 6.74. The average molecular weight is 449 g/mol. The molecule has 0 saturated carbocycles. The van der Waals surface area contributed by atoms with E-state index in [1.807, 2.05) is 13.0 Å². The molecule has 9 heteroatoms. The van der Waals surface area contributed by atoms with E-state index in [-0.39, 0.29) is 23.6 Å². The van der Waals surface area contributed by atoms with Crippen LogP contribution in [0.2, 0.25) is 10.0 Å². The minimum atomic E-state index is -0.788. The number of ether oxygens (including phenoxy) is 1. The second-order valence-corrected chi connectivity index (χ2v) is 7.71. The molecule has 1 fully saturated rings. The summed E-state index contributed by atoms with van der Waals surface area (Å²) >= 11 is 11.8. The monoisotopic (exact) mass is 448 g/mol. The molecule has 1 heterocycles. The molecule has 0 aromatic heterocycles. The molecule has 2 amide bonds. The maximum atomic E-state index is 12.3. The van der Waals surface area contributed by atoms with Gasteiger partial charge in [0.1, 0.15) is 0 Å². The first kappa shape index (κ1) is 21.8. The lowest BCUT2D eigenvalue weighted by Crippen LogP contribution is -2.43. The highest BCUT2D eigenvalue weighted by Crippen LogP contribution is 2.22. The number of carbonyl (C=O) groups is 4. The molecule has 156 valence electrons. The lowest BCUT2D eigenvalue weighted by atomic mass is 10.1. The van der Waals surface area contributed by atoms with Gasteiger partial charge in [0.15, 0.2) is 6.61 Å². The molecule has 1 aliphatic heterocycles. The summed E-state index contributed by atoms with van der Waals surface area (Å²) < 4.78 is 5.06. The van der Waals surface area contributed by atoms with Crippen LogP contribution in [0.25, 0.3) is 0 Å². The number of esters is 1. The van der Waals surface area contributed by atoms with Gasteiger partial charge in [-0.05, 0) is 37.3 Å². The molecule has 0 radical (unpaired) electrons. The van der Waals surface area contributed by atoms with Gasteiger partial charge >= 0.3 is 5.97 Å². The van der Waals surface area contributed by atoms with E-state index < -0.39 is 36.1 Å². The highest BCUT2D eigenvalue weighted by atomic mass is 35.5. The van der Waals surface area contributed by atoms with Crippen molar-refractivity contribution in [2.75, 3.05) is 13.2 Å². The fourth-order valence-electron chi connectivity index (χ4n) is 2.99. The molecule has 3 rings (SSSR count). The first-order valence-electron chi connectivity index (χ1n) is 9.07. The van der Waals surface area contributed by atoms with Crippen LogP contribution >= 0.6 is 23.2 Å². The number of nitrogens with zero attached hydrogens (tertiary/aromatic N) is 1. The molecule has 0 bridgehead atoms. The van der Waals surface area contributed by atoms with Crippen molar-refractivity contribution < 1.29 is 23.9 Å². The third-order valence-electron chi connectivity index (χ3n) is 4.55. The Morgan fingerprint density at radius 3 is 2.63 bits per heavy atom. The van der Waals surface area contributed by atoms with Crippen molar-refractivity contribution in [1.29, 1.82) is 0 Å². The predicted octanol–water partition coefficient (Wildman–Crippen LogP) is 3.22. The van der Waals surface area contributed by atoms with E-state index in [0.717, 1.165) is 10.6 Å². The third kappa shape index (κ3) is 5.17. The van der Waals surface area contributed by atoms with Crippen LogP contribution in [-0.2, 0) is 14.3 Å². The summed E-state index contributed by atoms with van der Waals surface area (Å²) in [5, 5.41) is 1.63. The van der Waals surface area contributed by atoms with Crippen molar-refractivity contribution in [3.05, 3.63) is 69.2 Å². The Balaban J connectivity index is 1.54. The van der Waals surface area contributed by atoms with Gasteiger partial charge in [-0.2, -0.15) is 0 Å². The van der Waals surface area contributed by atoms with E-state index in [0.29, 0.717) is 10.6 Å². The number of aryl methyl sites for hydroxylation is 1. The number of hydrogen-bond donors (Lipinski definition) is 1. The van der Waals surface area contributed by atoms with Crippen LogP contribution in [0, 0.1) is 12.8 Å². The molecule has 7 nitrogen and oxygen atoms in total. The number of nitrogens with one attached hydrogen (secondary N) is 1. The summed E-state index contributed by atoms with van der Waals surface area (Å²) in [7, 11) is 0. The molecular formula is C21H18Cl2N2O5. The molecule has 30 heavy (non-hydrogen) atoms. The molecular weight excluding hydrogens is 431 g/mol. The van der Waals surface area contributed by atoms with Crippen LogP contribution in [-0.4, -0.2) is 41.7 Å². The second kappa shape index (κ2) is 9.28. The predicted molar refractivity (Wildman–Crippen MR) is 110 cm³/mol. The molecule has 0 aliphatic carbocycles. The quantitative estimate of drug-likeness (QED) is 0.540. The molecule has 1 aliphatic rings. The summed E-state index contributed by atoms with van der Waals surface area (Å²) in [4.78, 5) is 49.0. The molecule has 2 aromatic carbocycles. The second-order valence-electron chi connectivity index (χ2n) is 6.87. The molecule has 0 unspecified atom stereocenters. The summed E-state index contributed by atoms with van der Waals surface area (Å²) in [5.74, 6) is -2.84. The van der Waals surface area contributed by atoms with E-state index >= 15 is 0 Å². The number of halogens is 2. The fraction of sp³-hybridized carbons (Fsp3) is 0.238. The Bertz CT molecular complexity index is 1020. The third-order valence-corrected chi connectivity index (χ3v) is 5.10. The van der Waals surface area contributed by atoms with Gasteiger partial charge in [0.25, 0.3) is 5.91 Å². The van der Waals surface area contributed by atoms with Gasteiger partial charge in [-0.3, -0.25) is 29.6 Å². The summed E-state index contributed by atoms with van der Waals surface area (Å²) in [5.41, 5.74) is 3.99. The highest BCUT2D eigenvalue weighted by Gasteiger charge is 2.36. The first-order valence-corrected chi connectivity index (χ1v) is 9.83. The topological polar surface area (TPSA) is 92.8 Å². The summed E-state index contributed by atoms with van der Waals surface area (Å²) in [6, 6.07) is 11.3. The maximum absolute atomic E-state index is 12.3. The molecule has 1 saturated heterocycles. The number of rotatable bonds is 6. The van der Waals surface area contributed by atoms with Crippen molar-refractivity contribution in [2.45, 2.75) is 13.3 Å². The van der Waals surface area contributed by atoms with Crippen LogP contribution < -0.4 is 5.43 Å². The summed E-state index contributed by atoms with van der Waals surface area (Å²) in [6.07, 6.45) is -0.122. The van der Waals surface area contributed by atoms with E-state index in [2.05, 4.69) is 5.43 Å². The van der Waals surface area contributed by atoms with Crippen molar-refractivity contribution in [2.24, 2.45) is 5.92 Å². The molecule has 0 spiro atoms. The number of ketones is 1. The first-order chi connectivity index (χ1) is 14.2. The van der Waals surface area contributed by atoms with Gasteiger partial charge < -0.3 is 4.74 Å². The van der Waals surface area contributed by atoms with E-state index in [9.17, 15) is 19.2 Å². The van der Waals surface area contributed by atoms with Crippen molar-refractivity contribution in [3.63, 3.8) is 0 Å². The minimum Gasteiger partial charge on any atom is -0.457 e. The van der Waals surface area contributed by atoms with Gasteiger partial charge in [0.05, 0.1) is 17.5 Å². The average Bonchev–Trinajstić information content (AvgIpc) is 3.06. The molecule has 1 atom stereocenters. The van der Waals surface area contributed by atoms with Gasteiger partial charge in [-0.25, -0.2) is 0 Å². The van der Waals surface area contributed by atoms with Crippen molar-refractivity contribution in [1.82, 2.24) is 10.4 Å². The van der Waals surface area contributed by atoms with E-state index in [1.54, 1.807) is 18.2 Å². The smallest absolute Gasteiger partial charge is 0.311 e. The number of benzene rings is 2. The molecule has 1 N–H and O–H groups in total. The summed E-state index contributed by atoms with van der Waals surface area (Å²) in [6.45, 7) is 1.30. The number of amides is 2. The fourth-order valence-corrected chi connectivity index (χ4v) is 3.51. The lowest BCUT2D eigenvalue weighted by molar-refractivity contribution is -0.147. The van der Waals surface area contributed by atoms with Crippen LogP contribution in [0.1, 0.15) is 32.7 Å². The van der Waals surface area contributed by atoms with Gasteiger partial charge in [0, 0.05) is 22.6 Å². The standard InChI is InChI=1S/C21H18Cl2N2O5/c1-12-3-2-4-13(7-12)20(28)24-25-10-14(8-19(25)27)21(29)30-11-18(26)16-6-5-15(22)9-17(16)23/h2-7,9,14H,8,10-11H2,1H3,(H,24,28)/t14-/m0/s1. The highest BCUT2D eigenvalue weighted by molar-refractivity contribution is 6.36. The van der Waals surface area contributed by atoms with Gasteiger partial charge in [-0.1, -0.05) is 40.9 Å². The van der Waals surface area contributed by atoms with E-state index in [1.165, 1.54) is 18.2 Å². The Hall–Kier alpha value is -2.90. The Labute approximate surface area is 182 Å². The van der Waals surface area contributed by atoms with Crippen molar-refractivity contribution in [3.8, 4) is 0 Å². The minimum absolute atomic E-state index is 0.0366. The zero-order valence-corrected chi connectivity index (χ0v) is 17.5. The lowest BCUT2D eigenvalue weighted by Gasteiger charge is -2.17. The number of carbonyl (C=O) groups excluding carboxylic acids is 4. The van der Waals surface area contributed by atoms with E-state index in [4.69, 9.17) is 27.9 Å². The number of hydrogen-bond acceptors (Lipinski definition) is 5.